The molecular formula is C18H22N2O4. The highest BCUT2D eigenvalue weighted by molar-refractivity contribution is 5.85. The zero-order valence-corrected chi connectivity index (χ0v) is 13.7. The molecule has 6 nitrogen and oxygen atoms in total. The van der Waals surface area contributed by atoms with Gasteiger partial charge in [0.1, 0.15) is 18.3 Å². The van der Waals surface area contributed by atoms with Crippen LogP contribution in [0.4, 0.5) is 4.79 Å². The van der Waals surface area contributed by atoms with Crippen LogP contribution in [0.15, 0.2) is 49.2 Å². The fourth-order valence-corrected chi connectivity index (χ4v) is 2.46. The molecule has 0 bridgehead atoms. The van der Waals surface area contributed by atoms with Gasteiger partial charge in [-0.3, -0.25) is 4.79 Å². The van der Waals surface area contributed by atoms with Gasteiger partial charge in [-0.15, -0.1) is 0 Å². The minimum absolute atomic E-state index is 0.104. The van der Waals surface area contributed by atoms with Gasteiger partial charge in [0, 0.05) is 5.70 Å². The molecule has 6 heteroatoms. The van der Waals surface area contributed by atoms with E-state index < -0.39 is 24.0 Å². The van der Waals surface area contributed by atoms with Crippen LogP contribution in [-0.4, -0.2) is 25.2 Å². The number of rotatable bonds is 7. The highest BCUT2D eigenvalue weighted by Crippen LogP contribution is 2.31. The number of amides is 2. The first-order valence-electron chi connectivity index (χ1n) is 7.83. The predicted octanol–water partition coefficient (Wildman–Crippen LogP) is 2.69. The van der Waals surface area contributed by atoms with Gasteiger partial charge in [-0.05, 0) is 24.1 Å². The quantitative estimate of drug-likeness (QED) is 0.595. The van der Waals surface area contributed by atoms with Crippen LogP contribution >= 0.6 is 0 Å². The van der Waals surface area contributed by atoms with Gasteiger partial charge in [0.05, 0.1) is 12.6 Å². The molecule has 1 fully saturated rings. The lowest BCUT2D eigenvalue weighted by Crippen LogP contribution is -2.51. The number of hydrogen-bond acceptors (Lipinski definition) is 4. The third kappa shape index (κ3) is 4.16. The molecule has 0 unspecified atom stereocenters. The van der Waals surface area contributed by atoms with Crippen LogP contribution in [-0.2, 0) is 9.53 Å². The molecule has 0 aliphatic carbocycles. The van der Waals surface area contributed by atoms with Crippen molar-refractivity contribution in [1.82, 2.24) is 10.6 Å². The molecule has 2 amide bonds. The van der Waals surface area contributed by atoms with Gasteiger partial charge in [-0.25, -0.2) is 4.79 Å². The molecule has 2 N–H and O–H groups in total. The SMILES string of the molecule is C=CCOC(=O)[C@@H]1C(=C)NC(=O)N[C@H]1c1ccc(OCCC)cc1. The summed E-state index contributed by atoms with van der Waals surface area (Å²) in [5, 5.41) is 5.28. The van der Waals surface area contributed by atoms with Crippen LogP contribution in [0, 0.1) is 5.92 Å². The summed E-state index contributed by atoms with van der Waals surface area (Å²) in [6, 6.07) is 6.32. The maximum Gasteiger partial charge on any atom is 0.319 e. The van der Waals surface area contributed by atoms with Crippen molar-refractivity contribution in [3.8, 4) is 5.75 Å². The van der Waals surface area contributed by atoms with Crippen molar-refractivity contribution < 1.29 is 19.1 Å². The molecule has 0 spiro atoms. The highest BCUT2D eigenvalue weighted by Gasteiger charge is 2.38. The van der Waals surface area contributed by atoms with Crippen molar-refractivity contribution in [2.45, 2.75) is 19.4 Å². The Morgan fingerprint density at radius 3 is 2.67 bits per heavy atom. The van der Waals surface area contributed by atoms with E-state index in [-0.39, 0.29) is 6.61 Å². The van der Waals surface area contributed by atoms with Gasteiger partial charge in [0.25, 0.3) is 0 Å². The summed E-state index contributed by atoms with van der Waals surface area (Å²) in [6.45, 7) is 10.1. The Morgan fingerprint density at radius 2 is 2.04 bits per heavy atom. The zero-order chi connectivity index (χ0) is 17.5. The number of carbonyl (C=O) groups excluding carboxylic acids is 2. The second-order valence-electron chi connectivity index (χ2n) is 5.42. The van der Waals surface area contributed by atoms with E-state index in [0.717, 1.165) is 17.7 Å². The van der Waals surface area contributed by atoms with Crippen LogP contribution in [0.3, 0.4) is 0 Å². The summed E-state index contributed by atoms with van der Waals surface area (Å²) in [5.41, 5.74) is 1.08. The lowest BCUT2D eigenvalue weighted by atomic mass is 9.89. The Kier molecular flexibility index (Phi) is 6.01. The number of esters is 1. The fourth-order valence-electron chi connectivity index (χ4n) is 2.46. The van der Waals surface area contributed by atoms with E-state index in [9.17, 15) is 9.59 Å². The van der Waals surface area contributed by atoms with Gasteiger partial charge >= 0.3 is 12.0 Å². The minimum atomic E-state index is -0.718. The summed E-state index contributed by atoms with van der Waals surface area (Å²) in [7, 11) is 0. The summed E-state index contributed by atoms with van der Waals surface area (Å²) < 4.78 is 10.7. The van der Waals surface area contributed by atoms with Crippen LogP contribution in [0.25, 0.3) is 0 Å². The van der Waals surface area contributed by atoms with E-state index in [2.05, 4.69) is 23.8 Å². The van der Waals surface area contributed by atoms with Crippen molar-refractivity contribution in [3.63, 3.8) is 0 Å². The summed E-state index contributed by atoms with van der Waals surface area (Å²) >= 11 is 0. The second-order valence-corrected chi connectivity index (χ2v) is 5.42. The highest BCUT2D eigenvalue weighted by atomic mass is 16.5. The number of urea groups is 1. The molecule has 2 atom stereocenters. The Hall–Kier alpha value is -2.76. The largest absolute Gasteiger partial charge is 0.494 e. The van der Waals surface area contributed by atoms with Gasteiger partial charge in [-0.2, -0.15) is 0 Å². The lowest BCUT2D eigenvalue weighted by molar-refractivity contribution is -0.147. The Bertz CT molecular complexity index is 624. The van der Waals surface area contributed by atoms with E-state index in [4.69, 9.17) is 9.47 Å². The second kappa shape index (κ2) is 8.19. The van der Waals surface area contributed by atoms with Crippen LogP contribution in [0.1, 0.15) is 24.9 Å². The molecule has 0 radical (unpaired) electrons. The summed E-state index contributed by atoms with van der Waals surface area (Å²) in [6.07, 6.45) is 2.41. The molecule has 2 rings (SSSR count). The summed E-state index contributed by atoms with van der Waals surface area (Å²) in [4.78, 5) is 24.1. The molecule has 128 valence electrons. The van der Waals surface area contributed by atoms with Crippen LogP contribution in [0.5, 0.6) is 5.75 Å². The van der Waals surface area contributed by atoms with Gasteiger partial charge in [0.2, 0.25) is 0 Å². The topological polar surface area (TPSA) is 76.7 Å². The monoisotopic (exact) mass is 330 g/mol. The zero-order valence-electron chi connectivity index (χ0n) is 13.7. The summed E-state index contributed by atoms with van der Waals surface area (Å²) in [5.74, 6) is -0.445. The van der Waals surface area contributed by atoms with E-state index in [1.807, 2.05) is 31.2 Å². The third-order valence-electron chi connectivity index (χ3n) is 3.58. The Morgan fingerprint density at radius 1 is 1.33 bits per heavy atom. The first-order valence-corrected chi connectivity index (χ1v) is 7.83. The van der Waals surface area contributed by atoms with Crippen LogP contribution in [0.2, 0.25) is 0 Å². The number of benzene rings is 1. The molecule has 1 saturated heterocycles. The average Bonchev–Trinajstić information content (AvgIpc) is 2.57. The third-order valence-corrected chi connectivity index (χ3v) is 3.58. The van der Waals surface area contributed by atoms with E-state index in [1.54, 1.807) is 0 Å². The standard InChI is InChI=1S/C18H22N2O4/c1-4-10-23-14-8-6-13(7-9-14)16-15(17(21)24-11-5-2)12(3)19-18(22)20-16/h5-9,15-16H,2-4,10-11H2,1H3,(H2,19,20,22)/t15-,16+/m1/s1. The van der Waals surface area contributed by atoms with Crippen molar-refractivity contribution in [1.29, 1.82) is 0 Å². The maximum absolute atomic E-state index is 12.3. The van der Waals surface area contributed by atoms with Crippen molar-refractivity contribution in [3.05, 3.63) is 54.8 Å². The number of nitrogens with one attached hydrogen (secondary N) is 2. The molecule has 0 aromatic heterocycles. The van der Waals surface area contributed by atoms with Gasteiger partial charge < -0.3 is 20.1 Å². The number of ether oxygens (including phenoxy) is 2. The van der Waals surface area contributed by atoms with E-state index >= 15 is 0 Å². The maximum atomic E-state index is 12.3. The van der Waals surface area contributed by atoms with E-state index in [1.165, 1.54) is 6.08 Å². The van der Waals surface area contributed by atoms with Crippen LogP contribution < -0.4 is 15.4 Å². The lowest BCUT2D eigenvalue weighted by Gasteiger charge is -2.33. The fraction of sp³-hybridized carbons (Fsp3) is 0.333. The molecule has 1 aromatic carbocycles. The molecule has 1 aromatic rings. The minimum Gasteiger partial charge on any atom is -0.494 e. The average molecular weight is 330 g/mol. The molecule has 24 heavy (non-hydrogen) atoms. The van der Waals surface area contributed by atoms with Gasteiger partial charge in [-0.1, -0.05) is 38.3 Å². The first kappa shape index (κ1) is 17.6. The smallest absolute Gasteiger partial charge is 0.319 e. The number of carbonyl (C=O) groups is 2. The Balaban J connectivity index is 2.21. The normalized spacial score (nSPS) is 19.9. The number of hydrogen-bond donors (Lipinski definition) is 2. The first-order chi connectivity index (χ1) is 11.6. The predicted molar refractivity (Wildman–Crippen MR) is 90.4 cm³/mol. The van der Waals surface area contributed by atoms with Crippen molar-refractivity contribution in [2.24, 2.45) is 5.92 Å². The Labute approximate surface area is 141 Å². The van der Waals surface area contributed by atoms with E-state index in [0.29, 0.717) is 12.3 Å². The molecule has 1 heterocycles. The molecular weight excluding hydrogens is 308 g/mol. The van der Waals surface area contributed by atoms with Crippen molar-refractivity contribution in [2.75, 3.05) is 13.2 Å². The van der Waals surface area contributed by atoms with Crippen molar-refractivity contribution >= 4 is 12.0 Å². The molecule has 1 aliphatic rings. The van der Waals surface area contributed by atoms with Gasteiger partial charge in [0.15, 0.2) is 0 Å². The molecule has 1 aliphatic heterocycles. The molecule has 0 saturated carbocycles.